The number of amides is 2. The fraction of sp³-hybridized carbons (Fsp3) is 0.333. The van der Waals surface area contributed by atoms with Crippen LogP contribution < -0.4 is 10.6 Å². The van der Waals surface area contributed by atoms with Crippen molar-refractivity contribution in [2.24, 2.45) is 0 Å². The molecular weight excluding hydrogens is 240 g/mol. The first kappa shape index (κ1) is 12.0. The Balaban J connectivity index is 2.08. The Morgan fingerprint density at radius 2 is 2.05 bits per heavy atom. The van der Waals surface area contributed by atoms with Gasteiger partial charge in [0.05, 0.1) is 6.04 Å². The van der Waals surface area contributed by atoms with Gasteiger partial charge in [0.15, 0.2) is 5.78 Å². The molecule has 1 aromatic rings. The van der Waals surface area contributed by atoms with Crippen molar-refractivity contribution in [2.45, 2.75) is 32.2 Å². The van der Waals surface area contributed by atoms with Gasteiger partial charge in [0.25, 0.3) is 0 Å². The molecule has 2 N–H and O–H groups in total. The lowest BCUT2D eigenvalue weighted by Gasteiger charge is -2.32. The average Bonchev–Trinajstić information content (AvgIpc) is 2.37. The summed E-state index contributed by atoms with van der Waals surface area (Å²) in [5.74, 6) is 0.139. The molecule has 19 heavy (non-hydrogen) atoms. The van der Waals surface area contributed by atoms with Crippen LogP contribution in [0.3, 0.4) is 0 Å². The minimum absolute atomic E-state index is 0.139. The molecule has 98 valence electrons. The molecule has 3 rings (SSSR count). The normalized spacial score (nSPS) is 22.7. The molecule has 1 unspecified atom stereocenters. The Hall–Kier alpha value is -2.10. The summed E-state index contributed by atoms with van der Waals surface area (Å²) < 4.78 is 0. The summed E-state index contributed by atoms with van der Waals surface area (Å²) in [5, 5.41) is 5.63. The van der Waals surface area contributed by atoms with Gasteiger partial charge in [-0.2, -0.15) is 0 Å². The first-order valence-electron chi connectivity index (χ1n) is 6.55. The number of rotatable bonds is 1. The van der Waals surface area contributed by atoms with Crippen molar-refractivity contribution < 1.29 is 9.59 Å². The summed E-state index contributed by atoms with van der Waals surface area (Å²) in [7, 11) is 0. The Labute approximate surface area is 111 Å². The summed E-state index contributed by atoms with van der Waals surface area (Å²) in [6, 6.07) is 7.39. The maximum absolute atomic E-state index is 12.2. The van der Waals surface area contributed by atoms with Crippen LogP contribution in [0, 0.1) is 6.92 Å². The molecule has 0 spiro atoms. The van der Waals surface area contributed by atoms with Crippen molar-refractivity contribution >= 4 is 11.8 Å². The van der Waals surface area contributed by atoms with Gasteiger partial charge in [-0.05, 0) is 25.3 Å². The second kappa shape index (κ2) is 4.53. The molecule has 0 radical (unpaired) electrons. The fourth-order valence-electron chi connectivity index (χ4n) is 2.80. The fourth-order valence-corrected chi connectivity index (χ4v) is 2.80. The van der Waals surface area contributed by atoms with Crippen LogP contribution in [0.1, 0.15) is 36.4 Å². The van der Waals surface area contributed by atoms with Crippen LogP contribution in [-0.2, 0) is 4.79 Å². The number of carbonyl (C=O) groups excluding carboxylic acids is 2. The number of hydrogen-bond acceptors (Lipinski definition) is 2. The molecule has 2 aliphatic rings. The van der Waals surface area contributed by atoms with Gasteiger partial charge in [0.1, 0.15) is 0 Å². The number of ketones is 1. The van der Waals surface area contributed by atoms with Gasteiger partial charge < -0.3 is 10.6 Å². The van der Waals surface area contributed by atoms with Crippen molar-refractivity contribution in [1.82, 2.24) is 10.6 Å². The third kappa shape index (κ3) is 2.14. The van der Waals surface area contributed by atoms with E-state index in [-0.39, 0.29) is 17.9 Å². The maximum Gasteiger partial charge on any atom is 0.319 e. The Morgan fingerprint density at radius 3 is 2.84 bits per heavy atom. The van der Waals surface area contributed by atoms with Gasteiger partial charge in [-0.25, -0.2) is 4.79 Å². The van der Waals surface area contributed by atoms with Crippen LogP contribution in [0.4, 0.5) is 4.79 Å². The van der Waals surface area contributed by atoms with E-state index in [2.05, 4.69) is 10.6 Å². The van der Waals surface area contributed by atoms with Crippen molar-refractivity contribution in [2.75, 3.05) is 0 Å². The standard InChI is InChI=1S/C15H16N2O2/c1-9-4-2-5-10(8-9)14-13-11(16-15(19)17-14)6-3-7-12(13)18/h2,4-5,8,14H,3,6-7H2,1H3,(H2,16,17,19). The molecule has 1 aromatic carbocycles. The van der Waals surface area contributed by atoms with E-state index in [1.54, 1.807) is 0 Å². The van der Waals surface area contributed by atoms with Gasteiger partial charge >= 0.3 is 6.03 Å². The van der Waals surface area contributed by atoms with E-state index in [0.29, 0.717) is 6.42 Å². The molecule has 0 saturated carbocycles. The topological polar surface area (TPSA) is 58.2 Å². The van der Waals surface area contributed by atoms with E-state index in [9.17, 15) is 9.59 Å². The second-order valence-corrected chi connectivity index (χ2v) is 5.11. The highest BCUT2D eigenvalue weighted by Gasteiger charge is 2.34. The van der Waals surface area contributed by atoms with Crippen LogP contribution in [0.5, 0.6) is 0 Å². The van der Waals surface area contributed by atoms with Gasteiger partial charge in [0.2, 0.25) is 0 Å². The number of hydrogen-bond donors (Lipinski definition) is 2. The lowest BCUT2D eigenvalue weighted by atomic mass is 9.85. The Morgan fingerprint density at radius 1 is 1.21 bits per heavy atom. The molecule has 0 saturated heterocycles. The molecule has 1 atom stereocenters. The minimum Gasteiger partial charge on any atom is -0.327 e. The molecule has 2 amide bonds. The molecule has 1 aliphatic carbocycles. The number of Topliss-reactive ketones (excluding diaryl/α,β-unsaturated/α-hetero) is 1. The van der Waals surface area contributed by atoms with Crippen LogP contribution in [0.15, 0.2) is 35.5 Å². The molecule has 0 fully saturated rings. The molecule has 4 nitrogen and oxygen atoms in total. The Kier molecular flexibility index (Phi) is 2.85. The van der Waals surface area contributed by atoms with Crippen molar-refractivity contribution in [3.63, 3.8) is 0 Å². The summed E-state index contributed by atoms with van der Waals surface area (Å²) in [4.78, 5) is 23.9. The quantitative estimate of drug-likeness (QED) is 0.810. The average molecular weight is 256 g/mol. The molecular formula is C15H16N2O2. The Bertz CT molecular complexity index is 590. The zero-order chi connectivity index (χ0) is 13.4. The van der Waals surface area contributed by atoms with E-state index in [1.165, 1.54) is 0 Å². The smallest absolute Gasteiger partial charge is 0.319 e. The molecule has 1 heterocycles. The van der Waals surface area contributed by atoms with Crippen molar-refractivity contribution in [3.8, 4) is 0 Å². The molecule has 4 heteroatoms. The summed E-state index contributed by atoms with van der Waals surface area (Å²) >= 11 is 0. The number of aryl methyl sites for hydroxylation is 1. The van der Waals surface area contributed by atoms with Gasteiger partial charge in [-0.3, -0.25) is 4.79 Å². The minimum atomic E-state index is -0.309. The highest BCUT2D eigenvalue weighted by Crippen LogP contribution is 2.33. The molecule has 0 aromatic heterocycles. The second-order valence-electron chi connectivity index (χ2n) is 5.11. The van der Waals surface area contributed by atoms with Gasteiger partial charge in [-0.15, -0.1) is 0 Å². The van der Waals surface area contributed by atoms with E-state index in [4.69, 9.17) is 0 Å². The van der Waals surface area contributed by atoms with E-state index in [0.717, 1.165) is 35.2 Å². The summed E-state index contributed by atoms with van der Waals surface area (Å²) in [6.07, 6.45) is 2.16. The number of carbonyl (C=O) groups is 2. The highest BCUT2D eigenvalue weighted by molar-refractivity contribution is 6.00. The lowest BCUT2D eigenvalue weighted by Crippen LogP contribution is -2.46. The number of urea groups is 1. The third-order valence-corrected chi connectivity index (χ3v) is 3.66. The number of benzene rings is 1. The largest absolute Gasteiger partial charge is 0.327 e. The monoisotopic (exact) mass is 256 g/mol. The van der Waals surface area contributed by atoms with E-state index >= 15 is 0 Å². The van der Waals surface area contributed by atoms with E-state index in [1.807, 2.05) is 31.2 Å². The van der Waals surface area contributed by atoms with Crippen molar-refractivity contribution in [1.29, 1.82) is 0 Å². The highest BCUT2D eigenvalue weighted by atomic mass is 16.2. The predicted octanol–water partition coefficient (Wildman–Crippen LogP) is 2.36. The summed E-state index contributed by atoms with van der Waals surface area (Å²) in [5.41, 5.74) is 3.62. The van der Waals surface area contributed by atoms with Crippen LogP contribution in [0.25, 0.3) is 0 Å². The SMILES string of the molecule is Cc1cccc(C2NC(=O)NC3=C2C(=O)CCC3)c1. The van der Waals surface area contributed by atoms with E-state index < -0.39 is 0 Å². The van der Waals surface area contributed by atoms with Gasteiger partial charge in [0, 0.05) is 17.7 Å². The summed E-state index contributed by atoms with van der Waals surface area (Å²) in [6.45, 7) is 2.00. The maximum atomic E-state index is 12.2. The predicted molar refractivity (Wildman–Crippen MR) is 71.5 cm³/mol. The van der Waals surface area contributed by atoms with Crippen LogP contribution >= 0.6 is 0 Å². The molecule has 0 bridgehead atoms. The van der Waals surface area contributed by atoms with Crippen LogP contribution in [-0.4, -0.2) is 11.8 Å². The molecule has 1 aliphatic heterocycles. The van der Waals surface area contributed by atoms with Crippen LogP contribution in [0.2, 0.25) is 0 Å². The number of nitrogens with one attached hydrogen (secondary N) is 2. The van der Waals surface area contributed by atoms with Gasteiger partial charge in [-0.1, -0.05) is 29.8 Å². The first-order chi connectivity index (χ1) is 9.15. The lowest BCUT2D eigenvalue weighted by molar-refractivity contribution is -0.116. The zero-order valence-electron chi connectivity index (χ0n) is 10.8. The third-order valence-electron chi connectivity index (χ3n) is 3.66. The zero-order valence-corrected chi connectivity index (χ0v) is 10.8. The first-order valence-corrected chi connectivity index (χ1v) is 6.55. The van der Waals surface area contributed by atoms with Crippen molar-refractivity contribution in [3.05, 3.63) is 46.7 Å². The number of allylic oxidation sites excluding steroid dienone is 1.